The van der Waals surface area contributed by atoms with E-state index in [1.54, 1.807) is 0 Å². The molecule has 1 unspecified atom stereocenters. The number of amides is 1. The molecule has 4 nitrogen and oxygen atoms in total. The standard InChI is InChI=1S/C17H34N2O2/c1-4-21-15(14(2)3)8-11-19-16(20)12-17(13-18)9-6-5-7-10-17/h14-15H,4-13,18H2,1-3H3,(H,19,20). The van der Waals surface area contributed by atoms with E-state index in [1.807, 2.05) is 6.92 Å². The van der Waals surface area contributed by atoms with Crippen LogP contribution >= 0.6 is 0 Å². The van der Waals surface area contributed by atoms with E-state index >= 15 is 0 Å². The van der Waals surface area contributed by atoms with Crippen LogP contribution in [-0.2, 0) is 9.53 Å². The molecule has 0 spiro atoms. The Hall–Kier alpha value is -0.610. The van der Waals surface area contributed by atoms with Gasteiger partial charge in [-0.15, -0.1) is 0 Å². The topological polar surface area (TPSA) is 64.3 Å². The van der Waals surface area contributed by atoms with Gasteiger partial charge in [0.05, 0.1) is 6.10 Å². The normalized spacial score (nSPS) is 19.5. The second-order valence-corrected chi connectivity index (χ2v) is 6.82. The molecule has 1 rings (SSSR count). The summed E-state index contributed by atoms with van der Waals surface area (Å²) in [5.41, 5.74) is 6.00. The zero-order chi connectivity index (χ0) is 15.7. The number of rotatable bonds is 9. The van der Waals surface area contributed by atoms with Gasteiger partial charge < -0.3 is 15.8 Å². The highest BCUT2D eigenvalue weighted by molar-refractivity contribution is 5.76. The van der Waals surface area contributed by atoms with Crippen LogP contribution in [0.3, 0.4) is 0 Å². The van der Waals surface area contributed by atoms with Crippen molar-refractivity contribution >= 4 is 5.91 Å². The SMILES string of the molecule is CCOC(CCNC(=O)CC1(CN)CCCCC1)C(C)C. The summed E-state index contributed by atoms with van der Waals surface area (Å²) in [7, 11) is 0. The zero-order valence-electron chi connectivity index (χ0n) is 14.1. The lowest BCUT2D eigenvalue weighted by Crippen LogP contribution is -2.39. The molecule has 21 heavy (non-hydrogen) atoms. The fourth-order valence-corrected chi connectivity index (χ4v) is 3.33. The van der Waals surface area contributed by atoms with Gasteiger partial charge in [0.2, 0.25) is 5.91 Å². The van der Waals surface area contributed by atoms with Crippen LogP contribution in [0.4, 0.5) is 0 Å². The number of hydrogen-bond donors (Lipinski definition) is 2. The Balaban J connectivity index is 2.32. The van der Waals surface area contributed by atoms with E-state index in [4.69, 9.17) is 10.5 Å². The Morgan fingerprint density at radius 3 is 2.48 bits per heavy atom. The molecule has 0 aromatic heterocycles. The highest BCUT2D eigenvalue weighted by atomic mass is 16.5. The molecule has 0 aromatic rings. The fourth-order valence-electron chi connectivity index (χ4n) is 3.33. The first kappa shape index (κ1) is 18.4. The van der Waals surface area contributed by atoms with E-state index in [-0.39, 0.29) is 17.4 Å². The predicted octanol–water partition coefficient (Wildman–Crippen LogP) is 2.85. The van der Waals surface area contributed by atoms with Crippen LogP contribution in [0.15, 0.2) is 0 Å². The first-order valence-electron chi connectivity index (χ1n) is 8.61. The van der Waals surface area contributed by atoms with Gasteiger partial charge in [-0.05, 0) is 44.1 Å². The lowest BCUT2D eigenvalue weighted by Gasteiger charge is -2.35. The smallest absolute Gasteiger partial charge is 0.220 e. The van der Waals surface area contributed by atoms with Gasteiger partial charge in [-0.1, -0.05) is 33.1 Å². The summed E-state index contributed by atoms with van der Waals surface area (Å²) in [6, 6.07) is 0. The maximum absolute atomic E-state index is 12.2. The van der Waals surface area contributed by atoms with E-state index in [0.29, 0.717) is 25.4 Å². The lowest BCUT2D eigenvalue weighted by atomic mass is 9.71. The summed E-state index contributed by atoms with van der Waals surface area (Å²) >= 11 is 0. The minimum Gasteiger partial charge on any atom is -0.378 e. The minimum atomic E-state index is 0.0553. The maximum Gasteiger partial charge on any atom is 0.220 e. The monoisotopic (exact) mass is 298 g/mol. The van der Waals surface area contributed by atoms with Crippen molar-refractivity contribution < 1.29 is 9.53 Å². The van der Waals surface area contributed by atoms with Crippen molar-refractivity contribution in [3.05, 3.63) is 0 Å². The molecule has 1 amide bonds. The van der Waals surface area contributed by atoms with Crippen molar-refractivity contribution in [2.45, 2.75) is 71.8 Å². The quantitative estimate of drug-likeness (QED) is 0.688. The number of carbonyl (C=O) groups is 1. The predicted molar refractivity (Wildman–Crippen MR) is 87.1 cm³/mol. The molecule has 0 aliphatic heterocycles. The Kier molecular flexibility index (Phi) is 8.27. The number of hydrogen-bond acceptors (Lipinski definition) is 3. The van der Waals surface area contributed by atoms with Gasteiger partial charge >= 0.3 is 0 Å². The van der Waals surface area contributed by atoms with Gasteiger partial charge in [-0.2, -0.15) is 0 Å². The average molecular weight is 298 g/mol. The molecule has 0 radical (unpaired) electrons. The summed E-state index contributed by atoms with van der Waals surface area (Å²) in [5, 5.41) is 3.06. The average Bonchev–Trinajstić information content (AvgIpc) is 2.47. The van der Waals surface area contributed by atoms with Crippen molar-refractivity contribution in [1.82, 2.24) is 5.32 Å². The molecule has 0 heterocycles. The largest absolute Gasteiger partial charge is 0.378 e. The van der Waals surface area contributed by atoms with Gasteiger partial charge in [0.1, 0.15) is 0 Å². The molecule has 0 aromatic carbocycles. The van der Waals surface area contributed by atoms with Crippen LogP contribution in [0.25, 0.3) is 0 Å². The Morgan fingerprint density at radius 1 is 1.29 bits per heavy atom. The summed E-state index contributed by atoms with van der Waals surface area (Å²) in [5.74, 6) is 0.636. The van der Waals surface area contributed by atoms with E-state index in [9.17, 15) is 4.79 Å². The third-order valence-corrected chi connectivity index (χ3v) is 4.76. The van der Waals surface area contributed by atoms with Crippen molar-refractivity contribution in [2.24, 2.45) is 17.1 Å². The van der Waals surface area contributed by atoms with Crippen LogP contribution in [0, 0.1) is 11.3 Å². The molecule has 124 valence electrons. The van der Waals surface area contributed by atoms with Crippen molar-refractivity contribution in [3.63, 3.8) is 0 Å². The number of carbonyl (C=O) groups excluding carboxylic acids is 1. The van der Waals surface area contributed by atoms with Gasteiger partial charge in [-0.25, -0.2) is 0 Å². The maximum atomic E-state index is 12.2. The third kappa shape index (κ3) is 6.35. The van der Waals surface area contributed by atoms with E-state index < -0.39 is 0 Å². The first-order valence-corrected chi connectivity index (χ1v) is 8.61. The molecular weight excluding hydrogens is 264 g/mol. The molecule has 1 aliphatic rings. The lowest BCUT2D eigenvalue weighted by molar-refractivity contribution is -0.124. The van der Waals surface area contributed by atoms with Crippen LogP contribution < -0.4 is 11.1 Å². The number of nitrogens with two attached hydrogens (primary N) is 1. The van der Waals surface area contributed by atoms with Crippen molar-refractivity contribution in [1.29, 1.82) is 0 Å². The van der Waals surface area contributed by atoms with Crippen molar-refractivity contribution in [3.8, 4) is 0 Å². The second kappa shape index (κ2) is 9.42. The van der Waals surface area contributed by atoms with Crippen molar-refractivity contribution in [2.75, 3.05) is 19.7 Å². The Labute approximate surface area is 130 Å². The van der Waals surface area contributed by atoms with Crippen LogP contribution in [0.2, 0.25) is 0 Å². The Morgan fingerprint density at radius 2 is 1.95 bits per heavy atom. The third-order valence-electron chi connectivity index (χ3n) is 4.76. The van der Waals surface area contributed by atoms with Gasteiger partial charge in [-0.3, -0.25) is 4.79 Å². The van der Waals surface area contributed by atoms with E-state index in [2.05, 4.69) is 19.2 Å². The van der Waals surface area contributed by atoms with Gasteiger partial charge in [0.25, 0.3) is 0 Å². The summed E-state index contributed by atoms with van der Waals surface area (Å²) in [6.07, 6.45) is 7.61. The molecular formula is C17H34N2O2. The molecule has 0 bridgehead atoms. The highest BCUT2D eigenvalue weighted by Crippen LogP contribution is 2.38. The Bertz CT molecular complexity index is 299. The van der Waals surface area contributed by atoms with Gasteiger partial charge in [0, 0.05) is 19.6 Å². The first-order chi connectivity index (χ1) is 10.0. The summed E-state index contributed by atoms with van der Waals surface area (Å²) in [4.78, 5) is 12.2. The molecule has 3 N–H and O–H groups in total. The zero-order valence-corrected chi connectivity index (χ0v) is 14.1. The number of nitrogens with one attached hydrogen (secondary N) is 1. The highest BCUT2D eigenvalue weighted by Gasteiger charge is 2.32. The molecule has 1 aliphatic carbocycles. The van der Waals surface area contributed by atoms with Crippen LogP contribution in [-0.4, -0.2) is 31.7 Å². The molecule has 0 saturated heterocycles. The summed E-state index contributed by atoms with van der Waals surface area (Å²) in [6.45, 7) is 8.40. The minimum absolute atomic E-state index is 0.0553. The second-order valence-electron chi connectivity index (χ2n) is 6.82. The van der Waals surface area contributed by atoms with E-state index in [0.717, 1.165) is 25.9 Å². The van der Waals surface area contributed by atoms with Crippen LogP contribution in [0.1, 0.15) is 65.7 Å². The van der Waals surface area contributed by atoms with Gasteiger partial charge in [0.15, 0.2) is 0 Å². The molecule has 1 atom stereocenters. The molecule has 1 fully saturated rings. The van der Waals surface area contributed by atoms with Crippen LogP contribution in [0.5, 0.6) is 0 Å². The molecule has 1 saturated carbocycles. The fraction of sp³-hybridized carbons (Fsp3) is 0.941. The summed E-state index contributed by atoms with van der Waals surface area (Å²) < 4.78 is 5.70. The molecule has 4 heteroatoms. The van der Waals surface area contributed by atoms with E-state index in [1.165, 1.54) is 19.3 Å². The number of ether oxygens (including phenoxy) is 1.